The second-order valence-electron chi connectivity index (χ2n) is 8.21. The summed E-state index contributed by atoms with van der Waals surface area (Å²) in [5, 5.41) is 3.02. The number of rotatable bonds is 8. The number of alkyl halides is 3. The molecular formula is C29H26F3NO5S2. The summed E-state index contributed by atoms with van der Waals surface area (Å²) in [6, 6.07) is 36.9. The molecule has 210 valence electrons. The summed E-state index contributed by atoms with van der Waals surface area (Å²) in [5.74, 6) is 0.785. The fourth-order valence-electron chi connectivity index (χ4n) is 3.48. The Morgan fingerprint density at radius 3 is 1.68 bits per heavy atom. The Labute approximate surface area is 233 Å². The Morgan fingerprint density at radius 1 is 0.800 bits per heavy atom. The normalized spacial score (nSPS) is 11.3. The van der Waals surface area contributed by atoms with E-state index in [1.807, 2.05) is 48.5 Å². The molecule has 0 aliphatic heterocycles. The van der Waals surface area contributed by atoms with Crippen LogP contribution in [0.3, 0.4) is 0 Å². The fraction of sp³-hybridized carbons (Fsp3) is 0.138. The molecule has 0 aliphatic carbocycles. The van der Waals surface area contributed by atoms with Gasteiger partial charge in [0.05, 0.1) is 18.0 Å². The number of benzene rings is 4. The smallest absolute Gasteiger partial charge is 0.485 e. The van der Waals surface area contributed by atoms with E-state index in [1.54, 1.807) is 7.11 Å². The maximum Gasteiger partial charge on any atom is 0.485 e. The van der Waals surface area contributed by atoms with E-state index in [0.29, 0.717) is 12.1 Å². The number of ether oxygens (including phenoxy) is 1. The Hall–Kier alpha value is -3.80. The number of hydrogen-bond acceptors (Lipinski definition) is 5. The van der Waals surface area contributed by atoms with Crippen molar-refractivity contribution in [3.63, 3.8) is 0 Å². The zero-order valence-electron chi connectivity index (χ0n) is 21.3. The quantitative estimate of drug-likeness (QED) is 0.159. The highest BCUT2D eigenvalue weighted by molar-refractivity contribution is 7.97. The number of carbonyl (C=O) groups is 1. The average molecular weight is 590 g/mol. The number of carbonyl (C=O) groups excluding carboxylic acids is 1. The number of amides is 1. The molecule has 11 heteroatoms. The molecule has 4 aromatic rings. The minimum atomic E-state index is -6.09. The maximum absolute atomic E-state index is 12.6. The largest absolute Gasteiger partial charge is 0.741 e. The minimum Gasteiger partial charge on any atom is -0.741 e. The van der Waals surface area contributed by atoms with Crippen LogP contribution >= 0.6 is 0 Å². The van der Waals surface area contributed by atoms with E-state index in [2.05, 4.69) is 66.0 Å². The summed E-state index contributed by atoms with van der Waals surface area (Å²) in [4.78, 5) is 16.3. The highest BCUT2D eigenvalue weighted by Gasteiger charge is 2.37. The predicted molar refractivity (Wildman–Crippen MR) is 146 cm³/mol. The van der Waals surface area contributed by atoms with Crippen molar-refractivity contribution in [3.05, 3.63) is 120 Å². The van der Waals surface area contributed by atoms with E-state index in [9.17, 15) is 18.0 Å². The Bertz CT molecular complexity index is 1430. The summed E-state index contributed by atoms with van der Waals surface area (Å²) in [6.07, 6.45) is 0.777. The van der Waals surface area contributed by atoms with E-state index in [1.165, 1.54) is 14.7 Å². The van der Waals surface area contributed by atoms with Gasteiger partial charge in [-0.05, 0) is 72.6 Å². The third kappa shape index (κ3) is 8.87. The molecule has 0 saturated carbocycles. The molecule has 0 atom stereocenters. The molecule has 4 rings (SSSR count). The topological polar surface area (TPSA) is 95.5 Å². The van der Waals surface area contributed by atoms with Crippen molar-refractivity contribution in [2.75, 3.05) is 13.7 Å². The Kier molecular flexibility index (Phi) is 10.8. The van der Waals surface area contributed by atoms with Crippen LogP contribution in [-0.4, -0.2) is 38.0 Å². The molecule has 1 N–H and O–H groups in total. The molecule has 0 bridgehead atoms. The van der Waals surface area contributed by atoms with E-state index in [4.69, 9.17) is 17.7 Å². The molecule has 0 spiro atoms. The fourth-order valence-corrected chi connectivity index (χ4v) is 5.56. The summed E-state index contributed by atoms with van der Waals surface area (Å²) < 4.78 is 64.1. The molecule has 0 saturated heterocycles. The lowest BCUT2D eigenvalue weighted by Gasteiger charge is -2.09. The van der Waals surface area contributed by atoms with Gasteiger partial charge in [-0.25, -0.2) is 8.42 Å². The third-order valence-electron chi connectivity index (χ3n) is 5.45. The number of methoxy groups -OCH3 is 1. The van der Waals surface area contributed by atoms with Gasteiger partial charge in [0.2, 0.25) is 0 Å². The van der Waals surface area contributed by atoms with E-state index < -0.39 is 15.6 Å². The minimum absolute atomic E-state index is 0.0515. The van der Waals surface area contributed by atoms with Gasteiger partial charge in [-0.2, -0.15) is 13.2 Å². The van der Waals surface area contributed by atoms with Crippen LogP contribution in [0.2, 0.25) is 0 Å². The SMILES string of the molecule is COc1ccc(CCNC(=O)c2ccc([S+](c3ccccc3)c3ccccc3)cc2)cc1.O=S(=O)([O-])C(F)(F)F. The number of hydrogen-bond donors (Lipinski definition) is 1. The summed E-state index contributed by atoms with van der Waals surface area (Å²) in [6.45, 7) is 0.589. The first-order valence-corrected chi connectivity index (χ1v) is 14.5. The number of nitrogens with one attached hydrogen (secondary N) is 1. The molecule has 4 aromatic carbocycles. The van der Waals surface area contributed by atoms with Crippen molar-refractivity contribution in [1.29, 1.82) is 0 Å². The molecule has 6 nitrogen and oxygen atoms in total. The van der Waals surface area contributed by atoms with Crippen LogP contribution in [-0.2, 0) is 27.4 Å². The van der Waals surface area contributed by atoms with Crippen molar-refractivity contribution in [2.45, 2.75) is 26.6 Å². The van der Waals surface area contributed by atoms with Gasteiger partial charge in [-0.15, -0.1) is 0 Å². The van der Waals surface area contributed by atoms with Gasteiger partial charge in [0.25, 0.3) is 5.91 Å². The Balaban J connectivity index is 0.000000482. The second-order valence-corrected chi connectivity index (χ2v) is 11.6. The third-order valence-corrected chi connectivity index (χ3v) is 8.25. The van der Waals surface area contributed by atoms with Crippen LogP contribution in [0.4, 0.5) is 13.2 Å². The molecule has 40 heavy (non-hydrogen) atoms. The van der Waals surface area contributed by atoms with Crippen molar-refractivity contribution in [1.82, 2.24) is 5.32 Å². The van der Waals surface area contributed by atoms with Crippen molar-refractivity contribution in [3.8, 4) is 5.75 Å². The van der Waals surface area contributed by atoms with Gasteiger partial charge >= 0.3 is 5.51 Å². The van der Waals surface area contributed by atoms with Crippen LogP contribution in [0.5, 0.6) is 5.75 Å². The summed E-state index contributed by atoms with van der Waals surface area (Å²) in [7, 11) is -4.65. The second kappa shape index (κ2) is 14.0. The van der Waals surface area contributed by atoms with Gasteiger partial charge < -0.3 is 14.6 Å². The molecule has 0 unspecified atom stereocenters. The highest BCUT2D eigenvalue weighted by Crippen LogP contribution is 2.31. The van der Waals surface area contributed by atoms with Crippen LogP contribution in [0.1, 0.15) is 15.9 Å². The van der Waals surface area contributed by atoms with Crippen LogP contribution in [0.25, 0.3) is 0 Å². The van der Waals surface area contributed by atoms with Gasteiger partial charge in [0.15, 0.2) is 24.8 Å². The molecule has 1 amide bonds. The summed E-state index contributed by atoms with van der Waals surface area (Å²) >= 11 is 0. The van der Waals surface area contributed by atoms with E-state index in [0.717, 1.165) is 17.7 Å². The standard InChI is InChI=1S/C28H25NO2S.CHF3O3S/c1-31-24-16-12-22(13-17-24)20-21-29-28(30)23-14-18-27(19-15-23)32(25-8-4-2-5-9-25)26-10-6-3-7-11-26;2-1(3,4)8(5,6)7/h2-19H,20-21H2,1H3;(H,5,6,7). The average Bonchev–Trinajstić information content (AvgIpc) is 2.94. The van der Waals surface area contributed by atoms with Crippen molar-refractivity contribution < 1.29 is 35.7 Å². The lowest BCUT2D eigenvalue weighted by atomic mass is 10.1. The molecule has 0 aliphatic rings. The van der Waals surface area contributed by atoms with Crippen LogP contribution < -0.4 is 10.1 Å². The molecule has 0 aromatic heterocycles. The van der Waals surface area contributed by atoms with Gasteiger partial charge in [0.1, 0.15) is 5.75 Å². The highest BCUT2D eigenvalue weighted by atomic mass is 32.2. The van der Waals surface area contributed by atoms with Crippen LogP contribution in [0, 0.1) is 0 Å². The lowest BCUT2D eigenvalue weighted by Crippen LogP contribution is -2.25. The van der Waals surface area contributed by atoms with Gasteiger partial charge in [-0.1, -0.05) is 48.5 Å². The zero-order valence-corrected chi connectivity index (χ0v) is 22.9. The molecule has 0 radical (unpaired) electrons. The van der Waals surface area contributed by atoms with E-state index in [-0.39, 0.29) is 16.8 Å². The number of halogens is 3. The molecular weight excluding hydrogens is 563 g/mol. The molecule has 0 heterocycles. The molecule has 0 fully saturated rings. The van der Waals surface area contributed by atoms with Crippen LogP contribution in [0.15, 0.2) is 124 Å². The van der Waals surface area contributed by atoms with Gasteiger partial charge in [0, 0.05) is 12.1 Å². The van der Waals surface area contributed by atoms with Crippen molar-refractivity contribution >= 4 is 26.9 Å². The first-order valence-electron chi connectivity index (χ1n) is 11.9. The summed E-state index contributed by atoms with van der Waals surface area (Å²) in [5.41, 5.74) is -3.81. The zero-order chi connectivity index (χ0) is 29.2. The maximum atomic E-state index is 12.6. The van der Waals surface area contributed by atoms with Gasteiger partial charge in [-0.3, -0.25) is 4.79 Å². The first-order chi connectivity index (χ1) is 19.0. The van der Waals surface area contributed by atoms with Crippen molar-refractivity contribution in [2.24, 2.45) is 0 Å². The Morgan fingerprint density at radius 2 is 1.25 bits per heavy atom. The lowest BCUT2D eigenvalue weighted by molar-refractivity contribution is -0.0517. The van der Waals surface area contributed by atoms with E-state index >= 15 is 0 Å². The first kappa shape index (κ1) is 30.7. The monoisotopic (exact) mass is 589 g/mol. The predicted octanol–water partition coefficient (Wildman–Crippen LogP) is 5.81.